The van der Waals surface area contributed by atoms with E-state index in [1.165, 1.54) is 42.6 Å². The summed E-state index contributed by atoms with van der Waals surface area (Å²) >= 11 is 0. The second kappa shape index (κ2) is 11.2. The number of halogens is 6. The zero-order valence-electron chi connectivity index (χ0n) is 18.7. The van der Waals surface area contributed by atoms with Crippen molar-refractivity contribution in [2.75, 3.05) is 13.1 Å². The highest BCUT2D eigenvalue weighted by atomic mass is 19.4. The molecule has 0 radical (unpaired) electrons. The Morgan fingerprint density at radius 1 is 0.694 bits per heavy atom. The summed E-state index contributed by atoms with van der Waals surface area (Å²) in [6, 6.07) is 12.3. The molecular weight excluding hydrogens is 488 g/mol. The van der Waals surface area contributed by atoms with Crippen LogP contribution in [0.4, 0.5) is 26.3 Å². The van der Waals surface area contributed by atoms with Crippen molar-refractivity contribution in [3.8, 4) is 0 Å². The second-order valence-corrected chi connectivity index (χ2v) is 7.84. The van der Waals surface area contributed by atoms with Crippen LogP contribution >= 0.6 is 0 Å². The average molecular weight is 509 g/mol. The van der Waals surface area contributed by atoms with Crippen molar-refractivity contribution in [3.63, 3.8) is 0 Å². The van der Waals surface area contributed by atoms with Crippen molar-refractivity contribution in [3.05, 3.63) is 100 Å². The maximum absolute atomic E-state index is 12.8. The predicted octanol–water partition coefficient (Wildman–Crippen LogP) is 5.06. The maximum atomic E-state index is 12.8. The number of aromatic nitrogens is 1. The molecule has 0 aliphatic rings. The summed E-state index contributed by atoms with van der Waals surface area (Å²) < 4.78 is 76.7. The topological polar surface area (TPSA) is 71.1 Å². The van der Waals surface area contributed by atoms with Gasteiger partial charge >= 0.3 is 12.4 Å². The lowest BCUT2D eigenvalue weighted by atomic mass is 10.1. The molecular formula is C25H21F6N3O2. The van der Waals surface area contributed by atoms with Gasteiger partial charge in [-0.15, -0.1) is 0 Å². The van der Waals surface area contributed by atoms with E-state index in [-0.39, 0.29) is 37.2 Å². The summed E-state index contributed by atoms with van der Waals surface area (Å²) in [5.74, 6) is -1.07. The number of alkyl halides is 6. The van der Waals surface area contributed by atoms with Gasteiger partial charge in [0.25, 0.3) is 11.8 Å². The Labute approximate surface area is 202 Å². The predicted molar refractivity (Wildman–Crippen MR) is 119 cm³/mol. The third kappa shape index (κ3) is 7.56. The lowest BCUT2D eigenvalue weighted by Crippen LogP contribution is -2.28. The van der Waals surface area contributed by atoms with Gasteiger partial charge in [-0.1, -0.05) is 36.4 Å². The van der Waals surface area contributed by atoms with Gasteiger partial charge in [-0.25, -0.2) is 0 Å². The van der Waals surface area contributed by atoms with Crippen LogP contribution in [0.25, 0.3) is 0 Å². The fourth-order valence-corrected chi connectivity index (χ4v) is 3.30. The molecule has 0 unspecified atom stereocenters. The third-order valence-electron chi connectivity index (χ3n) is 5.17. The van der Waals surface area contributed by atoms with Crippen LogP contribution in [-0.4, -0.2) is 29.9 Å². The summed E-state index contributed by atoms with van der Waals surface area (Å²) in [6.07, 6.45) is -7.34. The summed E-state index contributed by atoms with van der Waals surface area (Å²) in [5.41, 5.74) is -0.536. The van der Waals surface area contributed by atoms with Gasteiger partial charge in [0.05, 0.1) is 16.7 Å². The number of carbonyl (C=O) groups is 2. The Bertz CT molecular complexity index is 1110. The lowest BCUT2D eigenvalue weighted by molar-refractivity contribution is -0.138. The van der Waals surface area contributed by atoms with E-state index in [2.05, 4.69) is 15.6 Å². The Morgan fingerprint density at radius 3 is 1.64 bits per heavy atom. The fraction of sp³-hybridized carbons (Fsp3) is 0.240. The van der Waals surface area contributed by atoms with E-state index in [4.69, 9.17) is 0 Å². The van der Waals surface area contributed by atoms with Crippen LogP contribution in [-0.2, 0) is 25.2 Å². The molecule has 5 nitrogen and oxygen atoms in total. The van der Waals surface area contributed by atoms with E-state index in [0.29, 0.717) is 11.1 Å². The summed E-state index contributed by atoms with van der Waals surface area (Å²) in [7, 11) is 0. The zero-order valence-corrected chi connectivity index (χ0v) is 18.7. The van der Waals surface area contributed by atoms with E-state index in [1.807, 2.05) is 0 Å². The molecule has 0 saturated heterocycles. The van der Waals surface area contributed by atoms with E-state index >= 15 is 0 Å². The Hall–Kier alpha value is -3.89. The molecule has 36 heavy (non-hydrogen) atoms. The summed E-state index contributed by atoms with van der Waals surface area (Å²) in [4.78, 5) is 28.4. The summed E-state index contributed by atoms with van der Waals surface area (Å²) in [5, 5.41) is 5.14. The first kappa shape index (κ1) is 26.7. The van der Waals surface area contributed by atoms with Gasteiger partial charge in [0.15, 0.2) is 0 Å². The highest BCUT2D eigenvalue weighted by molar-refractivity contribution is 5.96. The monoisotopic (exact) mass is 509 g/mol. The normalized spacial score (nSPS) is 11.7. The average Bonchev–Trinajstić information content (AvgIpc) is 2.83. The highest BCUT2D eigenvalue weighted by Gasteiger charge is 2.31. The number of pyridine rings is 1. The van der Waals surface area contributed by atoms with E-state index in [1.54, 1.807) is 0 Å². The van der Waals surface area contributed by atoms with Crippen LogP contribution < -0.4 is 10.6 Å². The molecule has 0 bridgehead atoms. The molecule has 2 aromatic carbocycles. The molecule has 0 fully saturated rings. The van der Waals surface area contributed by atoms with Crippen molar-refractivity contribution in [1.29, 1.82) is 0 Å². The van der Waals surface area contributed by atoms with Gasteiger partial charge in [-0.2, -0.15) is 26.3 Å². The molecule has 0 atom stereocenters. The van der Waals surface area contributed by atoms with Crippen LogP contribution in [0.15, 0.2) is 66.9 Å². The molecule has 2 amide bonds. The molecule has 3 rings (SSSR count). The SMILES string of the molecule is O=C(NCCc1cccc(C(F)(F)F)c1)c1ccc(C(=O)NCCc2cccc(C(F)(F)F)c2)nc1. The number of rotatable bonds is 8. The first-order valence-corrected chi connectivity index (χ1v) is 10.8. The van der Waals surface area contributed by atoms with Gasteiger partial charge < -0.3 is 10.6 Å². The molecule has 3 aromatic rings. The lowest BCUT2D eigenvalue weighted by Gasteiger charge is -2.10. The summed E-state index contributed by atoms with van der Waals surface area (Å²) in [6.45, 7) is 0.178. The molecule has 11 heteroatoms. The van der Waals surface area contributed by atoms with Crippen LogP contribution in [0.2, 0.25) is 0 Å². The fourth-order valence-electron chi connectivity index (χ4n) is 3.30. The maximum Gasteiger partial charge on any atom is 0.416 e. The second-order valence-electron chi connectivity index (χ2n) is 7.84. The van der Waals surface area contributed by atoms with Gasteiger partial charge in [0, 0.05) is 19.3 Å². The van der Waals surface area contributed by atoms with E-state index in [0.717, 1.165) is 24.3 Å². The van der Waals surface area contributed by atoms with Gasteiger partial charge in [-0.05, 0) is 48.2 Å². The molecule has 0 aliphatic carbocycles. The van der Waals surface area contributed by atoms with Gasteiger partial charge in [0.1, 0.15) is 5.69 Å². The Kier molecular flexibility index (Phi) is 8.33. The molecule has 1 aromatic heterocycles. The minimum Gasteiger partial charge on any atom is -0.352 e. The molecule has 0 spiro atoms. The minimum atomic E-state index is -4.45. The van der Waals surface area contributed by atoms with Crippen LogP contribution in [0.1, 0.15) is 43.1 Å². The first-order valence-electron chi connectivity index (χ1n) is 10.8. The molecule has 190 valence electrons. The van der Waals surface area contributed by atoms with Gasteiger partial charge in [-0.3, -0.25) is 14.6 Å². The third-order valence-corrected chi connectivity index (χ3v) is 5.17. The minimum absolute atomic E-state index is 0.0135. The highest BCUT2D eigenvalue weighted by Crippen LogP contribution is 2.30. The number of hydrogen-bond donors (Lipinski definition) is 2. The Balaban J connectivity index is 1.47. The number of amides is 2. The van der Waals surface area contributed by atoms with Crippen molar-refractivity contribution >= 4 is 11.8 Å². The molecule has 2 N–H and O–H groups in total. The molecule has 0 aliphatic heterocycles. The first-order chi connectivity index (χ1) is 16.9. The largest absolute Gasteiger partial charge is 0.416 e. The van der Waals surface area contributed by atoms with Crippen LogP contribution in [0.3, 0.4) is 0 Å². The van der Waals surface area contributed by atoms with Crippen LogP contribution in [0.5, 0.6) is 0 Å². The van der Waals surface area contributed by atoms with Crippen molar-refractivity contribution in [2.45, 2.75) is 25.2 Å². The number of nitrogens with zero attached hydrogens (tertiary/aromatic N) is 1. The smallest absolute Gasteiger partial charge is 0.352 e. The van der Waals surface area contributed by atoms with Crippen LogP contribution in [0, 0.1) is 0 Å². The number of carbonyl (C=O) groups excluding carboxylic acids is 2. The van der Waals surface area contributed by atoms with Gasteiger partial charge in [0.2, 0.25) is 0 Å². The zero-order chi connectivity index (χ0) is 26.3. The Morgan fingerprint density at radius 2 is 1.19 bits per heavy atom. The van der Waals surface area contributed by atoms with E-state index in [9.17, 15) is 35.9 Å². The number of benzene rings is 2. The van der Waals surface area contributed by atoms with Crippen molar-refractivity contribution < 1.29 is 35.9 Å². The molecule has 0 saturated carbocycles. The standard InChI is InChI=1S/C25H21F6N3O2/c26-24(27,28)19-5-1-3-16(13-19)9-11-32-22(35)18-7-8-21(34-15-18)23(36)33-12-10-17-4-2-6-20(14-17)25(29,30)31/h1-8,13-15H,9-12H2,(H,32,35)(H,33,36). The van der Waals surface area contributed by atoms with Crippen molar-refractivity contribution in [2.24, 2.45) is 0 Å². The quantitative estimate of drug-likeness (QED) is 0.417. The number of hydrogen-bond acceptors (Lipinski definition) is 3. The van der Waals surface area contributed by atoms with E-state index < -0.39 is 35.3 Å². The number of nitrogens with one attached hydrogen (secondary N) is 2. The van der Waals surface area contributed by atoms with Crippen molar-refractivity contribution in [1.82, 2.24) is 15.6 Å². The molecule has 1 heterocycles.